The molecule has 1 aliphatic heterocycles. The predicted octanol–water partition coefficient (Wildman–Crippen LogP) is 1.96. The number of rotatable bonds is 3. The van der Waals surface area contributed by atoms with Gasteiger partial charge in [0.15, 0.2) is 5.76 Å². The Morgan fingerprint density at radius 3 is 2.77 bits per heavy atom. The molecule has 7 heteroatoms. The Hall–Kier alpha value is -2.96. The van der Waals surface area contributed by atoms with E-state index in [1.54, 1.807) is 47.8 Å². The van der Waals surface area contributed by atoms with E-state index >= 15 is 0 Å². The van der Waals surface area contributed by atoms with Gasteiger partial charge in [-0.15, -0.1) is 0 Å². The Kier molecular flexibility index (Phi) is 2.96. The molecule has 3 aromatic heterocycles. The fraction of sp³-hybridized carbons (Fsp3) is 0.200. The van der Waals surface area contributed by atoms with Crippen LogP contribution >= 0.6 is 0 Å². The van der Waals surface area contributed by atoms with E-state index in [1.807, 2.05) is 0 Å². The van der Waals surface area contributed by atoms with Gasteiger partial charge in [-0.2, -0.15) is 4.98 Å². The average molecular weight is 296 g/mol. The first-order chi connectivity index (χ1) is 10.8. The van der Waals surface area contributed by atoms with Gasteiger partial charge in [-0.1, -0.05) is 5.16 Å². The van der Waals surface area contributed by atoms with Gasteiger partial charge in [-0.25, -0.2) is 0 Å². The largest absolute Gasteiger partial charge is 0.461 e. The van der Waals surface area contributed by atoms with Crippen LogP contribution in [0.25, 0.3) is 11.6 Å². The minimum absolute atomic E-state index is 0.00979. The van der Waals surface area contributed by atoms with Crippen molar-refractivity contribution in [3.63, 3.8) is 0 Å². The minimum Gasteiger partial charge on any atom is -0.461 e. The van der Waals surface area contributed by atoms with Gasteiger partial charge in [-0.3, -0.25) is 9.78 Å². The Balaban J connectivity index is 1.42. The minimum atomic E-state index is -0.00979. The number of hydrogen-bond acceptors (Lipinski definition) is 6. The van der Waals surface area contributed by atoms with Gasteiger partial charge in [-0.05, 0) is 24.3 Å². The summed E-state index contributed by atoms with van der Waals surface area (Å²) in [5.41, 5.74) is 0.634. The highest BCUT2D eigenvalue weighted by atomic mass is 16.5. The van der Waals surface area contributed by atoms with E-state index in [0.717, 1.165) is 0 Å². The van der Waals surface area contributed by atoms with E-state index in [0.29, 0.717) is 36.1 Å². The predicted molar refractivity (Wildman–Crippen MR) is 74.9 cm³/mol. The third kappa shape index (κ3) is 2.16. The topological polar surface area (TPSA) is 85.3 Å². The molecule has 0 spiro atoms. The van der Waals surface area contributed by atoms with Crippen LogP contribution in [0.3, 0.4) is 0 Å². The zero-order valence-corrected chi connectivity index (χ0v) is 11.5. The van der Waals surface area contributed by atoms with Crippen molar-refractivity contribution in [1.82, 2.24) is 20.0 Å². The number of carbonyl (C=O) groups is 1. The SMILES string of the molecule is O=C(c1ccncc1)N1CC(c2nc(-c3ccco3)no2)C1. The van der Waals surface area contributed by atoms with Crippen LogP contribution in [0.1, 0.15) is 22.2 Å². The van der Waals surface area contributed by atoms with Crippen LogP contribution in [0.5, 0.6) is 0 Å². The molecule has 7 nitrogen and oxygen atoms in total. The number of carbonyl (C=O) groups excluding carboxylic acids is 1. The van der Waals surface area contributed by atoms with E-state index in [-0.39, 0.29) is 11.8 Å². The Labute approximate surface area is 125 Å². The van der Waals surface area contributed by atoms with Crippen LogP contribution in [-0.4, -0.2) is 39.0 Å². The van der Waals surface area contributed by atoms with E-state index in [9.17, 15) is 4.79 Å². The zero-order valence-electron chi connectivity index (χ0n) is 11.5. The first kappa shape index (κ1) is 12.8. The summed E-state index contributed by atoms with van der Waals surface area (Å²) in [7, 11) is 0. The van der Waals surface area contributed by atoms with Crippen LogP contribution in [0.4, 0.5) is 0 Å². The highest BCUT2D eigenvalue weighted by Gasteiger charge is 2.36. The van der Waals surface area contributed by atoms with Gasteiger partial charge in [0.1, 0.15) is 0 Å². The maximum Gasteiger partial charge on any atom is 0.254 e. The van der Waals surface area contributed by atoms with Gasteiger partial charge in [0.05, 0.1) is 12.2 Å². The second kappa shape index (κ2) is 5.10. The summed E-state index contributed by atoms with van der Waals surface area (Å²) in [5.74, 6) is 1.59. The summed E-state index contributed by atoms with van der Waals surface area (Å²) in [6.45, 7) is 1.14. The maximum atomic E-state index is 12.2. The molecule has 0 N–H and O–H groups in total. The molecule has 1 saturated heterocycles. The Morgan fingerprint density at radius 2 is 2.05 bits per heavy atom. The van der Waals surface area contributed by atoms with Gasteiger partial charge in [0.25, 0.3) is 5.91 Å². The van der Waals surface area contributed by atoms with Crippen molar-refractivity contribution in [2.75, 3.05) is 13.1 Å². The Morgan fingerprint density at radius 1 is 1.23 bits per heavy atom. The van der Waals surface area contributed by atoms with E-state index in [1.165, 1.54) is 0 Å². The molecular weight excluding hydrogens is 284 g/mol. The van der Waals surface area contributed by atoms with Crippen LogP contribution in [0.2, 0.25) is 0 Å². The Bertz CT molecular complexity index is 776. The number of amides is 1. The van der Waals surface area contributed by atoms with E-state index in [4.69, 9.17) is 8.94 Å². The maximum absolute atomic E-state index is 12.2. The number of pyridine rings is 1. The van der Waals surface area contributed by atoms with Crippen LogP contribution in [0.15, 0.2) is 51.9 Å². The van der Waals surface area contributed by atoms with Crippen molar-refractivity contribution >= 4 is 5.91 Å². The van der Waals surface area contributed by atoms with Gasteiger partial charge in [0, 0.05) is 31.0 Å². The molecule has 4 rings (SSSR count). The van der Waals surface area contributed by atoms with Crippen molar-refractivity contribution < 1.29 is 13.7 Å². The molecule has 1 fully saturated rings. The van der Waals surface area contributed by atoms with Crippen molar-refractivity contribution in [1.29, 1.82) is 0 Å². The third-order valence-electron chi connectivity index (χ3n) is 3.63. The van der Waals surface area contributed by atoms with E-state index < -0.39 is 0 Å². The first-order valence-electron chi connectivity index (χ1n) is 6.88. The molecule has 0 radical (unpaired) electrons. The van der Waals surface area contributed by atoms with Crippen molar-refractivity contribution in [3.8, 4) is 11.6 Å². The summed E-state index contributed by atoms with van der Waals surface area (Å²) in [6.07, 6.45) is 4.78. The molecule has 0 aliphatic carbocycles. The summed E-state index contributed by atoms with van der Waals surface area (Å²) in [6, 6.07) is 6.95. The number of aromatic nitrogens is 3. The second-order valence-electron chi connectivity index (χ2n) is 5.08. The molecule has 1 amide bonds. The zero-order chi connectivity index (χ0) is 14.9. The lowest BCUT2D eigenvalue weighted by Gasteiger charge is -2.37. The summed E-state index contributed by atoms with van der Waals surface area (Å²) < 4.78 is 10.5. The lowest BCUT2D eigenvalue weighted by atomic mass is 9.99. The van der Waals surface area contributed by atoms with Crippen molar-refractivity contribution in [2.45, 2.75) is 5.92 Å². The monoisotopic (exact) mass is 296 g/mol. The van der Waals surface area contributed by atoms with Crippen LogP contribution in [-0.2, 0) is 0 Å². The highest BCUT2D eigenvalue weighted by molar-refractivity contribution is 5.94. The molecule has 0 saturated carbocycles. The number of hydrogen-bond donors (Lipinski definition) is 0. The van der Waals surface area contributed by atoms with Gasteiger partial charge < -0.3 is 13.8 Å². The fourth-order valence-corrected chi connectivity index (χ4v) is 2.38. The molecule has 1 aliphatic rings. The first-order valence-corrected chi connectivity index (χ1v) is 6.88. The lowest BCUT2D eigenvalue weighted by molar-refractivity contribution is 0.0569. The summed E-state index contributed by atoms with van der Waals surface area (Å²) >= 11 is 0. The van der Waals surface area contributed by atoms with Gasteiger partial charge >= 0.3 is 0 Å². The molecule has 0 unspecified atom stereocenters. The smallest absolute Gasteiger partial charge is 0.254 e. The highest BCUT2D eigenvalue weighted by Crippen LogP contribution is 2.28. The third-order valence-corrected chi connectivity index (χ3v) is 3.63. The molecule has 0 aromatic carbocycles. The van der Waals surface area contributed by atoms with Gasteiger partial charge in [0.2, 0.25) is 11.7 Å². The molecule has 4 heterocycles. The lowest BCUT2D eigenvalue weighted by Crippen LogP contribution is -2.48. The van der Waals surface area contributed by atoms with Crippen LogP contribution in [0, 0.1) is 0 Å². The average Bonchev–Trinajstić information content (AvgIpc) is 3.17. The number of nitrogens with zero attached hydrogens (tertiary/aromatic N) is 4. The molecule has 0 bridgehead atoms. The standard InChI is InChI=1S/C15H12N4O3/c20-15(10-3-5-16-6-4-10)19-8-11(9-19)14-17-13(18-22-14)12-2-1-7-21-12/h1-7,11H,8-9H2. The fourth-order valence-electron chi connectivity index (χ4n) is 2.38. The summed E-state index contributed by atoms with van der Waals surface area (Å²) in [4.78, 5) is 22.2. The summed E-state index contributed by atoms with van der Waals surface area (Å²) in [5, 5.41) is 3.90. The molecular formula is C15H12N4O3. The second-order valence-corrected chi connectivity index (χ2v) is 5.08. The van der Waals surface area contributed by atoms with Crippen molar-refractivity contribution in [2.24, 2.45) is 0 Å². The normalized spacial score (nSPS) is 14.8. The molecule has 110 valence electrons. The quantitative estimate of drug-likeness (QED) is 0.734. The molecule has 0 atom stereocenters. The number of likely N-dealkylation sites (tertiary alicyclic amines) is 1. The molecule has 22 heavy (non-hydrogen) atoms. The number of furan rings is 1. The van der Waals surface area contributed by atoms with Crippen LogP contribution < -0.4 is 0 Å². The molecule has 3 aromatic rings. The van der Waals surface area contributed by atoms with Crippen molar-refractivity contribution in [3.05, 3.63) is 54.4 Å². The van der Waals surface area contributed by atoms with E-state index in [2.05, 4.69) is 15.1 Å².